The van der Waals surface area contributed by atoms with Gasteiger partial charge in [-0.15, -0.1) is 0 Å². The molecule has 1 aliphatic rings. The molecule has 2 aromatic carbocycles. The van der Waals surface area contributed by atoms with E-state index in [4.69, 9.17) is 11.6 Å². The summed E-state index contributed by atoms with van der Waals surface area (Å²) in [6.45, 7) is 0.419. The van der Waals surface area contributed by atoms with E-state index in [0.717, 1.165) is 22.4 Å². The number of sulfonamides is 1. The molecule has 0 radical (unpaired) electrons. The van der Waals surface area contributed by atoms with E-state index in [9.17, 15) is 8.42 Å². The zero-order valence-electron chi connectivity index (χ0n) is 13.3. The van der Waals surface area contributed by atoms with Gasteiger partial charge in [0.2, 0.25) is 0 Å². The molecule has 0 bridgehead atoms. The zero-order valence-corrected chi connectivity index (χ0v) is 14.8. The minimum atomic E-state index is -3.67. The van der Waals surface area contributed by atoms with Crippen LogP contribution in [0.25, 0.3) is 11.1 Å². The van der Waals surface area contributed by atoms with Crippen LogP contribution < -0.4 is 4.31 Å². The van der Waals surface area contributed by atoms with Crippen LogP contribution in [0.5, 0.6) is 0 Å². The van der Waals surface area contributed by atoms with Crippen molar-refractivity contribution in [2.75, 3.05) is 10.8 Å². The van der Waals surface area contributed by atoms with Crippen molar-refractivity contribution in [1.29, 1.82) is 0 Å². The van der Waals surface area contributed by atoms with Crippen LogP contribution >= 0.6 is 11.6 Å². The normalized spacial score (nSPS) is 13.7. The van der Waals surface area contributed by atoms with Gasteiger partial charge in [0.25, 0.3) is 10.0 Å². The van der Waals surface area contributed by atoms with Crippen molar-refractivity contribution in [3.05, 3.63) is 77.6 Å². The highest BCUT2D eigenvalue weighted by Crippen LogP contribution is 2.37. The Bertz CT molecular complexity index is 1040. The van der Waals surface area contributed by atoms with Crippen molar-refractivity contribution in [3.8, 4) is 11.1 Å². The van der Waals surface area contributed by atoms with Gasteiger partial charge in [-0.3, -0.25) is 9.29 Å². The van der Waals surface area contributed by atoms with E-state index in [-0.39, 0.29) is 9.92 Å². The molecule has 0 fully saturated rings. The summed E-state index contributed by atoms with van der Waals surface area (Å²) in [5, 5.41) is 0.240. The second kappa shape index (κ2) is 6.17. The summed E-state index contributed by atoms with van der Waals surface area (Å²) in [6.07, 6.45) is 4.17. The topological polar surface area (TPSA) is 50.3 Å². The van der Waals surface area contributed by atoms with Gasteiger partial charge in [0, 0.05) is 18.9 Å². The van der Waals surface area contributed by atoms with E-state index in [1.54, 1.807) is 36.7 Å². The van der Waals surface area contributed by atoms with Crippen molar-refractivity contribution in [1.82, 2.24) is 4.98 Å². The van der Waals surface area contributed by atoms with E-state index < -0.39 is 10.0 Å². The first kappa shape index (κ1) is 16.1. The molecule has 25 heavy (non-hydrogen) atoms. The minimum absolute atomic E-state index is 0.141. The summed E-state index contributed by atoms with van der Waals surface area (Å²) < 4.78 is 27.5. The number of anilines is 1. The minimum Gasteiger partial charge on any atom is -0.266 e. The zero-order chi connectivity index (χ0) is 17.4. The predicted molar refractivity (Wildman–Crippen MR) is 99.4 cm³/mol. The average Bonchev–Trinajstić information content (AvgIpc) is 3.06. The maximum atomic E-state index is 13.0. The van der Waals surface area contributed by atoms with Gasteiger partial charge in [0.15, 0.2) is 0 Å². The Hall–Kier alpha value is -2.37. The lowest BCUT2D eigenvalue weighted by Gasteiger charge is -2.20. The molecule has 0 N–H and O–H groups in total. The molecule has 0 saturated carbocycles. The quantitative estimate of drug-likeness (QED) is 0.695. The van der Waals surface area contributed by atoms with E-state index in [1.807, 2.05) is 30.3 Å². The molecular weight excluding hydrogens is 356 g/mol. The highest BCUT2D eigenvalue weighted by Gasteiger charge is 2.32. The first-order valence-corrected chi connectivity index (χ1v) is 9.70. The number of hydrogen-bond donors (Lipinski definition) is 0. The largest absolute Gasteiger partial charge is 0.266 e. The number of fused-ring (bicyclic) bond motifs is 1. The van der Waals surface area contributed by atoms with Gasteiger partial charge in [0.1, 0.15) is 4.90 Å². The SMILES string of the molecule is O=S(=O)(c1ccccc1Cl)N1CCc2cc(-c3ccncc3)ccc21. The van der Waals surface area contributed by atoms with E-state index in [1.165, 1.54) is 4.31 Å². The molecule has 1 aliphatic heterocycles. The first-order chi connectivity index (χ1) is 12.1. The number of halogens is 1. The highest BCUT2D eigenvalue weighted by atomic mass is 35.5. The molecular formula is C19H15ClN2O2S. The van der Waals surface area contributed by atoms with E-state index in [0.29, 0.717) is 13.0 Å². The Morgan fingerprint density at radius 3 is 2.48 bits per heavy atom. The van der Waals surface area contributed by atoms with Gasteiger partial charge in [0.05, 0.1) is 10.7 Å². The van der Waals surface area contributed by atoms with Crippen LogP contribution in [0.15, 0.2) is 71.9 Å². The lowest BCUT2D eigenvalue weighted by molar-refractivity contribution is 0.592. The van der Waals surface area contributed by atoms with Crippen LogP contribution in [0, 0.1) is 0 Å². The number of aromatic nitrogens is 1. The molecule has 2 heterocycles. The summed E-state index contributed by atoms with van der Waals surface area (Å²) in [5.41, 5.74) is 3.85. The molecule has 0 aliphatic carbocycles. The van der Waals surface area contributed by atoms with Gasteiger partial charge in [-0.05, 0) is 59.5 Å². The van der Waals surface area contributed by atoms with Gasteiger partial charge >= 0.3 is 0 Å². The van der Waals surface area contributed by atoms with Crippen molar-refractivity contribution >= 4 is 27.3 Å². The van der Waals surface area contributed by atoms with Crippen molar-refractivity contribution in [3.63, 3.8) is 0 Å². The van der Waals surface area contributed by atoms with E-state index >= 15 is 0 Å². The molecule has 126 valence electrons. The molecule has 4 rings (SSSR count). The van der Waals surface area contributed by atoms with Crippen LogP contribution in [0.4, 0.5) is 5.69 Å². The van der Waals surface area contributed by atoms with Crippen molar-refractivity contribution < 1.29 is 8.42 Å². The summed E-state index contributed by atoms with van der Waals surface area (Å²) in [5.74, 6) is 0. The molecule has 6 heteroatoms. The van der Waals surface area contributed by atoms with Crippen LogP contribution in [0.2, 0.25) is 5.02 Å². The van der Waals surface area contributed by atoms with Gasteiger partial charge < -0.3 is 0 Å². The first-order valence-electron chi connectivity index (χ1n) is 7.88. The maximum Gasteiger partial charge on any atom is 0.265 e. The Morgan fingerprint density at radius 2 is 1.72 bits per heavy atom. The Labute approximate surface area is 151 Å². The smallest absolute Gasteiger partial charge is 0.265 e. The number of pyridine rings is 1. The van der Waals surface area contributed by atoms with Crippen molar-refractivity contribution in [2.45, 2.75) is 11.3 Å². The summed E-state index contributed by atoms with van der Waals surface area (Å²) in [7, 11) is -3.67. The van der Waals surface area contributed by atoms with Crippen LogP contribution in [-0.4, -0.2) is 19.9 Å². The average molecular weight is 371 g/mol. The van der Waals surface area contributed by atoms with Crippen LogP contribution in [0.1, 0.15) is 5.56 Å². The van der Waals surface area contributed by atoms with Gasteiger partial charge in [-0.25, -0.2) is 8.42 Å². The van der Waals surface area contributed by atoms with Crippen LogP contribution in [-0.2, 0) is 16.4 Å². The Morgan fingerprint density at radius 1 is 0.960 bits per heavy atom. The fourth-order valence-corrected chi connectivity index (χ4v) is 5.12. The molecule has 0 saturated heterocycles. The third-order valence-electron chi connectivity index (χ3n) is 4.35. The molecule has 0 atom stereocenters. The monoisotopic (exact) mass is 370 g/mol. The number of rotatable bonds is 3. The number of nitrogens with zero attached hydrogens (tertiary/aromatic N) is 2. The van der Waals surface area contributed by atoms with Gasteiger partial charge in [-0.1, -0.05) is 29.8 Å². The molecule has 0 spiro atoms. The third kappa shape index (κ3) is 2.79. The van der Waals surface area contributed by atoms with Crippen LogP contribution in [0.3, 0.4) is 0 Å². The molecule has 4 nitrogen and oxygen atoms in total. The lowest BCUT2D eigenvalue weighted by Crippen LogP contribution is -2.29. The number of benzene rings is 2. The third-order valence-corrected chi connectivity index (χ3v) is 6.66. The summed E-state index contributed by atoms with van der Waals surface area (Å²) in [6, 6.07) is 16.3. The Kier molecular flexibility index (Phi) is 3.98. The van der Waals surface area contributed by atoms with E-state index in [2.05, 4.69) is 4.98 Å². The summed E-state index contributed by atoms with van der Waals surface area (Å²) in [4.78, 5) is 4.17. The van der Waals surface area contributed by atoms with Crippen molar-refractivity contribution in [2.24, 2.45) is 0 Å². The predicted octanol–water partition coefficient (Wildman–Crippen LogP) is 4.15. The summed E-state index contributed by atoms with van der Waals surface area (Å²) >= 11 is 6.11. The molecule has 1 aromatic heterocycles. The molecule has 3 aromatic rings. The van der Waals surface area contributed by atoms with Gasteiger partial charge in [-0.2, -0.15) is 0 Å². The fraction of sp³-hybridized carbons (Fsp3) is 0.105. The molecule has 0 unspecified atom stereocenters. The second-order valence-electron chi connectivity index (χ2n) is 5.84. The second-order valence-corrected chi connectivity index (χ2v) is 8.07. The molecule has 0 amide bonds. The Balaban J connectivity index is 1.75. The highest BCUT2D eigenvalue weighted by molar-refractivity contribution is 7.93. The fourth-order valence-electron chi connectivity index (χ4n) is 3.12. The maximum absolute atomic E-state index is 13.0. The standard InChI is InChI=1S/C19H15ClN2O2S/c20-17-3-1-2-4-19(17)25(23,24)22-12-9-16-13-15(5-6-18(16)22)14-7-10-21-11-8-14/h1-8,10-11,13H,9,12H2. The number of hydrogen-bond acceptors (Lipinski definition) is 3. The lowest BCUT2D eigenvalue weighted by atomic mass is 10.0.